The number of pyridine rings is 1. The molecule has 0 spiro atoms. The Hall–Kier alpha value is -1.17. The van der Waals surface area contributed by atoms with E-state index in [-0.39, 0.29) is 0 Å². The summed E-state index contributed by atoms with van der Waals surface area (Å²) < 4.78 is 10.4. The third kappa shape index (κ3) is 5.07. The number of hydrogen-bond donors (Lipinski definition) is 1. The molecule has 0 aliphatic carbocycles. The molecule has 1 rings (SSSR count). The molecule has 0 radical (unpaired) electrons. The average Bonchev–Trinajstić information content (AvgIpc) is 2.42. The van der Waals surface area contributed by atoms with Crippen molar-refractivity contribution >= 4 is 0 Å². The van der Waals surface area contributed by atoms with Crippen molar-refractivity contribution < 1.29 is 9.47 Å². The van der Waals surface area contributed by atoms with Gasteiger partial charge >= 0.3 is 0 Å². The van der Waals surface area contributed by atoms with E-state index in [2.05, 4.69) is 29.2 Å². The van der Waals surface area contributed by atoms with E-state index in [1.54, 1.807) is 14.2 Å². The molecule has 1 aromatic heterocycles. The van der Waals surface area contributed by atoms with Gasteiger partial charge in [0, 0.05) is 50.6 Å². The van der Waals surface area contributed by atoms with Crippen molar-refractivity contribution in [3.05, 3.63) is 23.0 Å². The monoisotopic (exact) mass is 281 g/mol. The molecular weight excluding hydrogens is 254 g/mol. The van der Waals surface area contributed by atoms with Crippen molar-refractivity contribution in [3.63, 3.8) is 0 Å². The Morgan fingerprint density at radius 1 is 1.25 bits per heavy atom. The maximum atomic E-state index is 5.44. The van der Waals surface area contributed by atoms with Crippen molar-refractivity contribution in [1.29, 1.82) is 0 Å². The van der Waals surface area contributed by atoms with Crippen molar-refractivity contribution in [2.75, 3.05) is 47.5 Å². The van der Waals surface area contributed by atoms with Gasteiger partial charge in [-0.15, -0.1) is 0 Å². The SMILES string of the molecule is COCCNCCN(C)Cc1ncc(C)c(OC)c1C. The Labute approximate surface area is 122 Å². The van der Waals surface area contributed by atoms with Gasteiger partial charge in [0.2, 0.25) is 0 Å². The number of nitrogens with zero attached hydrogens (tertiary/aromatic N) is 2. The Morgan fingerprint density at radius 3 is 2.65 bits per heavy atom. The number of aromatic nitrogens is 1. The average molecular weight is 281 g/mol. The van der Waals surface area contributed by atoms with Gasteiger partial charge in [-0.1, -0.05) is 0 Å². The molecule has 0 aliphatic heterocycles. The number of hydrogen-bond acceptors (Lipinski definition) is 5. The van der Waals surface area contributed by atoms with Gasteiger partial charge in [0.15, 0.2) is 0 Å². The van der Waals surface area contributed by atoms with Gasteiger partial charge in [-0.25, -0.2) is 0 Å². The summed E-state index contributed by atoms with van der Waals surface area (Å²) >= 11 is 0. The van der Waals surface area contributed by atoms with Crippen LogP contribution in [0.2, 0.25) is 0 Å². The Bertz CT molecular complexity index is 410. The minimum atomic E-state index is 0.750. The Kier molecular flexibility index (Phi) is 7.51. The van der Waals surface area contributed by atoms with Crippen molar-refractivity contribution in [3.8, 4) is 5.75 Å². The summed E-state index contributed by atoms with van der Waals surface area (Å²) in [6, 6.07) is 0. The topological polar surface area (TPSA) is 46.6 Å². The zero-order valence-corrected chi connectivity index (χ0v) is 13.3. The van der Waals surface area contributed by atoms with Crippen molar-refractivity contribution in [2.45, 2.75) is 20.4 Å². The van der Waals surface area contributed by atoms with Gasteiger partial charge in [0.05, 0.1) is 19.4 Å². The lowest BCUT2D eigenvalue weighted by molar-refractivity contribution is 0.197. The van der Waals surface area contributed by atoms with Crippen LogP contribution in [-0.4, -0.2) is 57.4 Å². The molecule has 0 saturated heterocycles. The number of aryl methyl sites for hydroxylation is 1. The van der Waals surface area contributed by atoms with E-state index in [9.17, 15) is 0 Å². The second-order valence-electron chi connectivity index (χ2n) is 5.03. The van der Waals surface area contributed by atoms with E-state index in [0.29, 0.717) is 0 Å². The van der Waals surface area contributed by atoms with E-state index in [0.717, 1.165) is 55.4 Å². The van der Waals surface area contributed by atoms with Crippen LogP contribution in [0.1, 0.15) is 16.8 Å². The lowest BCUT2D eigenvalue weighted by Crippen LogP contribution is -2.31. The fourth-order valence-corrected chi connectivity index (χ4v) is 2.13. The summed E-state index contributed by atoms with van der Waals surface area (Å²) in [5.41, 5.74) is 3.29. The molecule has 0 atom stereocenters. The molecule has 1 N–H and O–H groups in total. The number of nitrogens with one attached hydrogen (secondary N) is 1. The second kappa shape index (κ2) is 8.89. The van der Waals surface area contributed by atoms with Crippen LogP contribution in [0.3, 0.4) is 0 Å². The fraction of sp³-hybridized carbons (Fsp3) is 0.667. The van der Waals surface area contributed by atoms with Gasteiger partial charge < -0.3 is 14.8 Å². The van der Waals surface area contributed by atoms with Crippen molar-refractivity contribution in [1.82, 2.24) is 15.2 Å². The van der Waals surface area contributed by atoms with Crippen LogP contribution < -0.4 is 10.1 Å². The molecule has 0 aromatic carbocycles. The maximum absolute atomic E-state index is 5.44. The highest BCUT2D eigenvalue weighted by Crippen LogP contribution is 2.24. The summed E-state index contributed by atoms with van der Waals surface area (Å²) in [5, 5.41) is 3.34. The lowest BCUT2D eigenvalue weighted by atomic mass is 10.1. The molecule has 0 aliphatic rings. The van der Waals surface area contributed by atoms with Crippen molar-refractivity contribution in [2.24, 2.45) is 0 Å². The maximum Gasteiger partial charge on any atom is 0.128 e. The lowest BCUT2D eigenvalue weighted by Gasteiger charge is -2.19. The quantitative estimate of drug-likeness (QED) is 0.693. The first kappa shape index (κ1) is 16.9. The van der Waals surface area contributed by atoms with Gasteiger partial charge in [0.1, 0.15) is 5.75 Å². The van der Waals surface area contributed by atoms with Crippen LogP contribution in [0, 0.1) is 13.8 Å². The molecular formula is C15H27N3O2. The second-order valence-corrected chi connectivity index (χ2v) is 5.03. The molecule has 114 valence electrons. The predicted molar refractivity (Wildman–Crippen MR) is 81.3 cm³/mol. The fourth-order valence-electron chi connectivity index (χ4n) is 2.13. The Morgan fingerprint density at radius 2 is 2.00 bits per heavy atom. The molecule has 0 unspecified atom stereocenters. The summed E-state index contributed by atoms with van der Waals surface area (Å²) in [6.45, 7) is 8.47. The highest BCUT2D eigenvalue weighted by Gasteiger charge is 2.11. The first-order valence-corrected chi connectivity index (χ1v) is 6.97. The van der Waals surface area contributed by atoms with Gasteiger partial charge in [-0.05, 0) is 20.9 Å². The smallest absolute Gasteiger partial charge is 0.128 e. The summed E-state index contributed by atoms with van der Waals surface area (Å²) in [6.07, 6.45) is 1.88. The third-order valence-corrected chi connectivity index (χ3v) is 3.32. The van der Waals surface area contributed by atoms with Crippen LogP contribution in [-0.2, 0) is 11.3 Å². The van der Waals surface area contributed by atoms with E-state index in [4.69, 9.17) is 9.47 Å². The molecule has 1 aromatic rings. The highest BCUT2D eigenvalue weighted by molar-refractivity contribution is 5.40. The van der Waals surface area contributed by atoms with Gasteiger partial charge in [-0.3, -0.25) is 9.88 Å². The number of ether oxygens (including phenoxy) is 2. The van der Waals surface area contributed by atoms with Gasteiger partial charge in [-0.2, -0.15) is 0 Å². The van der Waals surface area contributed by atoms with E-state index in [1.165, 1.54) is 0 Å². The molecule has 0 saturated carbocycles. The minimum absolute atomic E-state index is 0.750. The normalized spacial score (nSPS) is 11.1. The first-order valence-electron chi connectivity index (χ1n) is 6.97. The molecule has 20 heavy (non-hydrogen) atoms. The van der Waals surface area contributed by atoms with E-state index >= 15 is 0 Å². The number of methoxy groups -OCH3 is 2. The van der Waals surface area contributed by atoms with Crippen LogP contribution in [0.5, 0.6) is 5.75 Å². The highest BCUT2D eigenvalue weighted by atomic mass is 16.5. The van der Waals surface area contributed by atoms with E-state index < -0.39 is 0 Å². The zero-order chi connectivity index (χ0) is 15.0. The summed E-state index contributed by atoms with van der Waals surface area (Å²) in [4.78, 5) is 6.78. The van der Waals surface area contributed by atoms with Crippen LogP contribution in [0.4, 0.5) is 0 Å². The largest absolute Gasteiger partial charge is 0.496 e. The summed E-state index contributed by atoms with van der Waals surface area (Å²) in [7, 11) is 5.53. The van der Waals surface area contributed by atoms with E-state index in [1.807, 2.05) is 13.1 Å². The zero-order valence-electron chi connectivity index (χ0n) is 13.3. The summed E-state index contributed by atoms with van der Waals surface area (Å²) in [5.74, 6) is 0.946. The molecule has 0 fully saturated rings. The Balaban J connectivity index is 2.47. The number of likely N-dealkylation sites (N-methyl/N-ethyl adjacent to an activating group) is 1. The molecule has 5 heteroatoms. The standard InChI is InChI=1S/C15H27N3O2/c1-12-10-17-14(13(2)15(12)20-5)11-18(3)8-6-16-7-9-19-4/h10,16H,6-9,11H2,1-5H3. The van der Waals surface area contributed by atoms with Crippen LogP contribution in [0.25, 0.3) is 0 Å². The van der Waals surface area contributed by atoms with Gasteiger partial charge in [0.25, 0.3) is 0 Å². The molecule has 0 amide bonds. The number of rotatable bonds is 9. The molecule has 0 bridgehead atoms. The molecule has 1 heterocycles. The van der Waals surface area contributed by atoms with Crippen LogP contribution >= 0.6 is 0 Å². The molecule has 5 nitrogen and oxygen atoms in total. The van der Waals surface area contributed by atoms with Crippen LogP contribution in [0.15, 0.2) is 6.20 Å². The first-order chi connectivity index (χ1) is 9.60. The third-order valence-electron chi connectivity index (χ3n) is 3.32. The minimum Gasteiger partial charge on any atom is -0.496 e. The predicted octanol–water partition coefficient (Wildman–Crippen LogP) is 1.37.